The maximum absolute atomic E-state index is 13.0. The van der Waals surface area contributed by atoms with Crippen molar-refractivity contribution in [2.45, 2.75) is 25.3 Å². The molecule has 0 bridgehead atoms. The molecule has 2 aromatic rings. The number of fused-ring (bicyclic) bond motifs is 1. The average molecular weight is 549 g/mol. The van der Waals surface area contributed by atoms with Crippen LogP contribution in [0.15, 0.2) is 42.5 Å². The van der Waals surface area contributed by atoms with Crippen molar-refractivity contribution in [3.05, 3.63) is 53.6 Å². The molecule has 0 spiro atoms. The van der Waals surface area contributed by atoms with Gasteiger partial charge >= 0.3 is 5.97 Å². The molecule has 0 aromatic heterocycles. The van der Waals surface area contributed by atoms with Gasteiger partial charge in [-0.1, -0.05) is 25.1 Å². The first-order valence-electron chi connectivity index (χ1n) is 12.8. The lowest BCUT2D eigenvalue weighted by molar-refractivity contribution is -0.143. The number of sulfonamides is 1. The molecule has 0 saturated carbocycles. The Bertz CT molecular complexity index is 1200. The van der Waals surface area contributed by atoms with Crippen LogP contribution >= 0.6 is 0 Å². The van der Waals surface area contributed by atoms with Crippen LogP contribution in [0.5, 0.6) is 17.2 Å². The van der Waals surface area contributed by atoms with E-state index in [9.17, 15) is 18.3 Å². The van der Waals surface area contributed by atoms with Crippen molar-refractivity contribution in [3.8, 4) is 17.2 Å². The summed E-state index contributed by atoms with van der Waals surface area (Å²) in [5.41, 5.74) is 1.69. The Morgan fingerprint density at radius 2 is 1.79 bits per heavy atom. The van der Waals surface area contributed by atoms with Crippen molar-refractivity contribution in [2.24, 2.45) is 5.92 Å². The molecule has 0 aliphatic carbocycles. The molecule has 10 nitrogen and oxygen atoms in total. The molecule has 2 heterocycles. The van der Waals surface area contributed by atoms with Gasteiger partial charge < -0.3 is 24.1 Å². The SMILES string of the molecule is CCCN(CCN1CC(c2ccc3c(c2)OCO3)C(C(=O)O)C1c1ccc(OC)cc1)S(=O)(=O)CCOC. The molecule has 0 amide bonds. The molecule has 4 rings (SSSR count). The standard InChI is InChI=1S/C27H36N2O8S/c1-4-11-29(38(32,33)15-14-34-2)13-12-28-17-22(20-7-10-23-24(16-20)37-18-36-23)25(27(30)31)26(28)19-5-8-21(35-3)9-6-19/h5-10,16,22,25-26H,4,11-15,17-18H2,1-3H3,(H,30,31). The van der Waals surface area contributed by atoms with Crippen molar-refractivity contribution in [1.82, 2.24) is 9.21 Å². The predicted molar refractivity (Wildman–Crippen MR) is 141 cm³/mol. The lowest BCUT2D eigenvalue weighted by Gasteiger charge is -2.30. The van der Waals surface area contributed by atoms with Gasteiger partial charge in [0.15, 0.2) is 11.5 Å². The second-order valence-corrected chi connectivity index (χ2v) is 11.6. The zero-order chi connectivity index (χ0) is 27.3. The summed E-state index contributed by atoms with van der Waals surface area (Å²) in [4.78, 5) is 14.8. The van der Waals surface area contributed by atoms with Crippen molar-refractivity contribution >= 4 is 16.0 Å². The van der Waals surface area contributed by atoms with Gasteiger partial charge in [0.25, 0.3) is 0 Å². The van der Waals surface area contributed by atoms with Crippen LogP contribution in [-0.4, -0.2) is 88.3 Å². The number of benzene rings is 2. The second-order valence-electron chi connectivity index (χ2n) is 9.50. The fourth-order valence-electron chi connectivity index (χ4n) is 5.34. The first kappa shape index (κ1) is 28.2. The highest BCUT2D eigenvalue weighted by atomic mass is 32.2. The van der Waals surface area contributed by atoms with Crippen LogP contribution in [0.3, 0.4) is 0 Å². The van der Waals surface area contributed by atoms with Gasteiger partial charge in [-0.05, 0) is 41.8 Å². The molecule has 3 atom stereocenters. The number of hydrogen-bond donors (Lipinski definition) is 1. The Morgan fingerprint density at radius 1 is 1.08 bits per heavy atom. The fourth-order valence-corrected chi connectivity index (χ4v) is 6.79. The van der Waals surface area contributed by atoms with Gasteiger partial charge in [0.1, 0.15) is 5.75 Å². The summed E-state index contributed by atoms with van der Waals surface area (Å²) < 4.78 is 48.7. The maximum Gasteiger partial charge on any atom is 0.309 e. The van der Waals surface area contributed by atoms with Gasteiger partial charge in [-0.15, -0.1) is 0 Å². The minimum atomic E-state index is -3.51. The Labute approximate surface area is 224 Å². The average Bonchev–Trinajstić information content (AvgIpc) is 3.54. The number of aliphatic carboxylic acids is 1. The Hall–Kier alpha value is -2.86. The number of nitrogens with zero attached hydrogens (tertiary/aromatic N) is 2. The molecule has 1 N–H and O–H groups in total. The van der Waals surface area contributed by atoms with Crippen LogP contribution in [0.1, 0.15) is 36.4 Å². The lowest BCUT2D eigenvalue weighted by Crippen LogP contribution is -2.41. The van der Waals surface area contributed by atoms with E-state index in [1.165, 1.54) is 11.4 Å². The Morgan fingerprint density at radius 3 is 2.45 bits per heavy atom. The van der Waals surface area contributed by atoms with Crippen LogP contribution in [0, 0.1) is 5.92 Å². The molecule has 2 aliphatic rings. The highest BCUT2D eigenvalue weighted by Gasteiger charge is 2.47. The predicted octanol–water partition coefficient (Wildman–Crippen LogP) is 2.95. The largest absolute Gasteiger partial charge is 0.497 e. The van der Waals surface area contributed by atoms with E-state index < -0.39 is 28.0 Å². The van der Waals surface area contributed by atoms with Crippen LogP contribution in [0.4, 0.5) is 0 Å². The van der Waals surface area contributed by atoms with Gasteiger partial charge in [0.2, 0.25) is 16.8 Å². The molecule has 2 aliphatic heterocycles. The quantitative estimate of drug-likeness (QED) is 0.403. The number of carboxylic acids is 1. The van der Waals surface area contributed by atoms with Crippen molar-refractivity contribution in [3.63, 3.8) is 0 Å². The number of carboxylic acid groups (broad SMARTS) is 1. The topological polar surface area (TPSA) is 115 Å². The molecule has 3 unspecified atom stereocenters. The smallest absolute Gasteiger partial charge is 0.309 e. The summed E-state index contributed by atoms with van der Waals surface area (Å²) in [5, 5.41) is 10.4. The van der Waals surface area contributed by atoms with Crippen LogP contribution in [0.2, 0.25) is 0 Å². The molecule has 0 radical (unpaired) electrons. The molecule has 38 heavy (non-hydrogen) atoms. The normalized spacial score (nSPS) is 21.2. The summed E-state index contributed by atoms with van der Waals surface area (Å²) in [6, 6.07) is 12.5. The van der Waals surface area contributed by atoms with Crippen molar-refractivity contribution in [2.75, 3.05) is 59.6 Å². The highest BCUT2D eigenvalue weighted by Crippen LogP contribution is 2.47. The third-order valence-corrected chi connectivity index (χ3v) is 9.05. The number of methoxy groups -OCH3 is 2. The fraction of sp³-hybridized carbons (Fsp3) is 0.519. The number of hydrogen-bond acceptors (Lipinski definition) is 8. The van der Waals surface area contributed by atoms with Crippen LogP contribution in [-0.2, 0) is 19.6 Å². The molecular formula is C27H36N2O8S. The van der Waals surface area contributed by atoms with Gasteiger partial charge in [-0.2, -0.15) is 0 Å². The lowest BCUT2D eigenvalue weighted by atomic mass is 9.82. The summed E-state index contributed by atoms with van der Waals surface area (Å²) in [6.07, 6.45) is 0.672. The van der Waals surface area contributed by atoms with E-state index in [4.69, 9.17) is 18.9 Å². The van der Waals surface area contributed by atoms with Crippen molar-refractivity contribution in [1.29, 1.82) is 0 Å². The highest BCUT2D eigenvalue weighted by molar-refractivity contribution is 7.89. The van der Waals surface area contributed by atoms with E-state index in [0.717, 1.165) is 11.1 Å². The summed E-state index contributed by atoms with van der Waals surface area (Å²) >= 11 is 0. The second kappa shape index (κ2) is 12.3. The minimum Gasteiger partial charge on any atom is -0.497 e. The van der Waals surface area contributed by atoms with Gasteiger partial charge in [0.05, 0.1) is 25.4 Å². The zero-order valence-electron chi connectivity index (χ0n) is 22.0. The third-order valence-electron chi connectivity index (χ3n) is 7.21. The molecule has 11 heteroatoms. The summed E-state index contributed by atoms with van der Waals surface area (Å²) in [7, 11) is -0.453. The number of likely N-dealkylation sites (tertiary alicyclic amines) is 1. The first-order chi connectivity index (χ1) is 18.3. The van der Waals surface area contributed by atoms with Gasteiger partial charge in [-0.3, -0.25) is 9.69 Å². The third kappa shape index (κ3) is 6.06. The number of ether oxygens (including phenoxy) is 4. The van der Waals surface area contributed by atoms with E-state index in [-0.39, 0.29) is 31.6 Å². The first-order valence-corrected chi connectivity index (χ1v) is 14.4. The molecule has 208 valence electrons. The molecule has 1 fully saturated rings. The van der Waals surface area contributed by atoms with E-state index in [1.54, 1.807) is 7.11 Å². The summed E-state index contributed by atoms with van der Waals surface area (Å²) in [5.74, 6) is -0.177. The van der Waals surface area contributed by atoms with E-state index in [1.807, 2.05) is 49.4 Å². The van der Waals surface area contributed by atoms with Crippen LogP contribution in [0.25, 0.3) is 0 Å². The van der Waals surface area contributed by atoms with E-state index in [0.29, 0.717) is 43.3 Å². The maximum atomic E-state index is 13.0. The molecular weight excluding hydrogens is 512 g/mol. The number of rotatable bonds is 13. The van der Waals surface area contributed by atoms with E-state index in [2.05, 4.69) is 4.90 Å². The Balaban J connectivity index is 1.66. The summed E-state index contributed by atoms with van der Waals surface area (Å²) in [6.45, 7) is 3.67. The number of carbonyl (C=O) groups is 1. The monoisotopic (exact) mass is 548 g/mol. The van der Waals surface area contributed by atoms with Crippen molar-refractivity contribution < 1.29 is 37.3 Å². The van der Waals surface area contributed by atoms with Gasteiger partial charge in [-0.25, -0.2) is 12.7 Å². The zero-order valence-corrected chi connectivity index (χ0v) is 22.9. The molecule has 1 saturated heterocycles. The minimum absolute atomic E-state index is 0.0943. The van der Waals surface area contributed by atoms with Crippen LogP contribution < -0.4 is 14.2 Å². The van der Waals surface area contributed by atoms with E-state index >= 15 is 0 Å². The van der Waals surface area contributed by atoms with Gasteiger partial charge in [0, 0.05) is 45.2 Å². The molecule has 2 aromatic carbocycles. The Kier molecular flexibility index (Phi) is 9.14.